The normalized spacial score (nSPS) is 24.0. The van der Waals surface area contributed by atoms with E-state index < -0.39 is 0 Å². The molecule has 0 nitrogen and oxygen atoms in total. The molecule has 0 amide bonds. The van der Waals surface area contributed by atoms with E-state index in [2.05, 4.69) is 5.75 Å². The van der Waals surface area contributed by atoms with Crippen molar-refractivity contribution in [2.24, 2.45) is 0 Å². The molecule has 0 bridgehead atoms. The van der Waals surface area contributed by atoms with Gasteiger partial charge in [-0.3, -0.25) is 0 Å². The van der Waals surface area contributed by atoms with E-state index in [0.29, 0.717) is 0 Å². The number of thioether (sulfide) groups is 1. The van der Waals surface area contributed by atoms with Crippen LogP contribution in [0.15, 0.2) is 0 Å². The summed E-state index contributed by atoms with van der Waals surface area (Å²) in [5.74, 6) is 3.76. The molecular weight excluding hydrogens is 140 g/mol. The first-order valence-corrected chi connectivity index (χ1v) is 5.48. The molecule has 10 heavy (non-hydrogen) atoms. The van der Waals surface area contributed by atoms with Crippen molar-refractivity contribution in [3.8, 4) is 0 Å². The SMILES string of the molecule is [CH]1CCCCCCCCS1. The molecule has 1 rings (SSSR count). The number of hydrogen-bond donors (Lipinski definition) is 0. The van der Waals surface area contributed by atoms with Gasteiger partial charge in [0.25, 0.3) is 0 Å². The summed E-state index contributed by atoms with van der Waals surface area (Å²) < 4.78 is 0. The lowest BCUT2D eigenvalue weighted by Crippen LogP contribution is -1.86. The van der Waals surface area contributed by atoms with Crippen molar-refractivity contribution < 1.29 is 0 Å². The summed E-state index contributed by atoms with van der Waals surface area (Å²) in [6, 6.07) is 0. The standard InChI is InChI=1S/C9H17S/c1-2-4-6-8-10-9-7-5-3-1/h8H,1-7,9H2. The fourth-order valence-corrected chi connectivity index (χ4v) is 2.16. The largest absolute Gasteiger partial charge is 0.157 e. The van der Waals surface area contributed by atoms with Gasteiger partial charge >= 0.3 is 0 Å². The lowest BCUT2D eigenvalue weighted by Gasteiger charge is -2.05. The summed E-state index contributed by atoms with van der Waals surface area (Å²) >= 11 is 2.03. The van der Waals surface area contributed by atoms with Crippen molar-refractivity contribution in [2.75, 3.05) is 5.75 Å². The van der Waals surface area contributed by atoms with E-state index in [0.717, 1.165) is 0 Å². The third-order valence-corrected chi connectivity index (χ3v) is 2.95. The monoisotopic (exact) mass is 157 g/mol. The quantitative estimate of drug-likeness (QED) is 0.517. The van der Waals surface area contributed by atoms with E-state index in [1.54, 1.807) is 0 Å². The maximum atomic E-state index is 2.39. The fourth-order valence-electron chi connectivity index (χ4n) is 1.29. The van der Waals surface area contributed by atoms with Crippen LogP contribution in [-0.4, -0.2) is 5.75 Å². The van der Waals surface area contributed by atoms with Crippen LogP contribution in [0.2, 0.25) is 0 Å². The van der Waals surface area contributed by atoms with Crippen molar-refractivity contribution in [3.63, 3.8) is 0 Å². The molecule has 0 unspecified atom stereocenters. The van der Waals surface area contributed by atoms with Crippen molar-refractivity contribution in [3.05, 3.63) is 5.75 Å². The topological polar surface area (TPSA) is 0 Å². The van der Waals surface area contributed by atoms with Gasteiger partial charge in [-0.05, 0) is 18.6 Å². The van der Waals surface area contributed by atoms with Crippen LogP contribution >= 0.6 is 11.8 Å². The van der Waals surface area contributed by atoms with Crippen molar-refractivity contribution >= 4 is 11.8 Å². The maximum Gasteiger partial charge on any atom is 0.0166 e. The van der Waals surface area contributed by atoms with Gasteiger partial charge in [-0.25, -0.2) is 0 Å². The van der Waals surface area contributed by atoms with Crippen LogP contribution in [0.5, 0.6) is 0 Å². The zero-order valence-electron chi connectivity index (χ0n) is 6.64. The van der Waals surface area contributed by atoms with Crippen molar-refractivity contribution in [2.45, 2.75) is 44.9 Å². The van der Waals surface area contributed by atoms with Crippen LogP contribution in [0, 0.1) is 5.75 Å². The predicted molar refractivity (Wildman–Crippen MR) is 49.1 cm³/mol. The molecule has 1 aliphatic rings. The Morgan fingerprint density at radius 3 is 2.40 bits per heavy atom. The van der Waals surface area contributed by atoms with Crippen LogP contribution in [-0.2, 0) is 0 Å². The molecule has 0 N–H and O–H groups in total. The van der Waals surface area contributed by atoms with Gasteiger partial charge in [-0.1, -0.05) is 32.1 Å². The van der Waals surface area contributed by atoms with Gasteiger partial charge in [-0.2, -0.15) is 11.8 Å². The average molecular weight is 157 g/mol. The van der Waals surface area contributed by atoms with E-state index >= 15 is 0 Å². The van der Waals surface area contributed by atoms with Gasteiger partial charge in [0.05, 0.1) is 0 Å². The minimum atomic E-state index is 1.34. The highest BCUT2D eigenvalue weighted by Crippen LogP contribution is 2.18. The van der Waals surface area contributed by atoms with E-state index in [1.165, 1.54) is 50.7 Å². The first-order chi connectivity index (χ1) is 5.00. The molecule has 1 heterocycles. The van der Waals surface area contributed by atoms with Crippen LogP contribution in [0.25, 0.3) is 0 Å². The highest BCUT2D eigenvalue weighted by atomic mass is 32.2. The van der Waals surface area contributed by atoms with Crippen molar-refractivity contribution in [1.82, 2.24) is 0 Å². The molecule has 0 atom stereocenters. The van der Waals surface area contributed by atoms with Gasteiger partial charge in [0.1, 0.15) is 0 Å². The summed E-state index contributed by atoms with van der Waals surface area (Å²) in [7, 11) is 0. The van der Waals surface area contributed by atoms with E-state index in [9.17, 15) is 0 Å². The second-order valence-corrected chi connectivity index (χ2v) is 4.02. The minimum Gasteiger partial charge on any atom is -0.157 e. The van der Waals surface area contributed by atoms with Crippen LogP contribution in [0.1, 0.15) is 44.9 Å². The van der Waals surface area contributed by atoms with E-state index in [1.807, 2.05) is 11.8 Å². The Morgan fingerprint density at radius 2 is 1.50 bits per heavy atom. The molecule has 1 heteroatoms. The lowest BCUT2D eigenvalue weighted by atomic mass is 10.1. The first kappa shape index (κ1) is 8.45. The summed E-state index contributed by atoms with van der Waals surface area (Å²) in [5.41, 5.74) is 0. The molecule has 0 aromatic carbocycles. The summed E-state index contributed by atoms with van der Waals surface area (Å²) in [5, 5.41) is 0. The predicted octanol–water partition coefficient (Wildman–Crippen LogP) is 3.63. The Kier molecular flexibility index (Phi) is 5.14. The minimum absolute atomic E-state index is 1.34. The molecule has 0 spiro atoms. The van der Waals surface area contributed by atoms with Crippen molar-refractivity contribution in [1.29, 1.82) is 0 Å². The van der Waals surface area contributed by atoms with Gasteiger partial charge in [0, 0.05) is 5.75 Å². The Bertz CT molecular complexity index is 37.9. The van der Waals surface area contributed by atoms with Crippen LogP contribution < -0.4 is 0 Å². The Hall–Kier alpha value is 0.350. The van der Waals surface area contributed by atoms with E-state index in [4.69, 9.17) is 0 Å². The fraction of sp³-hybridized carbons (Fsp3) is 0.889. The molecule has 1 fully saturated rings. The molecule has 1 saturated heterocycles. The molecule has 0 aliphatic carbocycles. The summed E-state index contributed by atoms with van der Waals surface area (Å²) in [4.78, 5) is 0. The third kappa shape index (κ3) is 4.21. The van der Waals surface area contributed by atoms with Crippen LogP contribution in [0.3, 0.4) is 0 Å². The zero-order valence-corrected chi connectivity index (χ0v) is 7.46. The molecule has 0 aromatic heterocycles. The molecule has 0 aromatic rings. The summed E-state index contributed by atoms with van der Waals surface area (Å²) in [6.07, 6.45) is 10.1. The van der Waals surface area contributed by atoms with Gasteiger partial charge in [0.2, 0.25) is 0 Å². The Balaban J connectivity index is 2.00. The third-order valence-electron chi connectivity index (χ3n) is 1.95. The zero-order chi connectivity index (χ0) is 7.07. The van der Waals surface area contributed by atoms with E-state index in [-0.39, 0.29) is 0 Å². The maximum absolute atomic E-state index is 2.39. The number of rotatable bonds is 0. The summed E-state index contributed by atoms with van der Waals surface area (Å²) in [6.45, 7) is 0. The molecule has 59 valence electrons. The highest BCUT2D eigenvalue weighted by molar-refractivity contribution is 8.01. The lowest BCUT2D eigenvalue weighted by molar-refractivity contribution is 0.608. The number of hydrogen-bond acceptors (Lipinski definition) is 1. The first-order valence-electron chi connectivity index (χ1n) is 4.43. The Morgan fingerprint density at radius 1 is 0.800 bits per heavy atom. The van der Waals surface area contributed by atoms with Crippen LogP contribution in [0.4, 0.5) is 0 Å². The van der Waals surface area contributed by atoms with Gasteiger partial charge in [0.15, 0.2) is 0 Å². The van der Waals surface area contributed by atoms with Gasteiger partial charge < -0.3 is 0 Å². The molecule has 1 radical (unpaired) electrons. The highest BCUT2D eigenvalue weighted by Gasteiger charge is 1.96. The average Bonchev–Trinajstić information content (AvgIpc) is 2.01. The Labute approximate surface area is 68.8 Å². The second-order valence-electron chi connectivity index (χ2n) is 2.95. The smallest absolute Gasteiger partial charge is 0.0166 e. The molecule has 1 aliphatic heterocycles. The van der Waals surface area contributed by atoms with Gasteiger partial charge in [-0.15, -0.1) is 0 Å². The molecular formula is C9H17S. The second kappa shape index (κ2) is 6.09. The molecule has 0 saturated carbocycles.